The second-order valence-electron chi connectivity index (χ2n) is 10.6. The van der Waals surface area contributed by atoms with Crippen molar-refractivity contribution in [2.75, 3.05) is 0 Å². The number of carbonyl (C=O) groups is 1. The van der Waals surface area contributed by atoms with E-state index in [1.165, 1.54) is 29.5 Å². The molecular formula is C28H34N2O3. The number of aliphatic carboxylic acids is 1. The van der Waals surface area contributed by atoms with Crippen molar-refractivity contribution in [3.8, 4) is 5.75 Å². The van der Waals surface area contributed by atoms with Gasteiger partial charge in [0.05, 0.1) is 12.7 Å². The third-order valence-electron chi connectivity index (χ3n) is 7.19. The van der Waals surface area contributed by atoms with Crippen molar-refractivity contribution < 1.29 is 14.6 Å². The fraction of sp³-hybridized carbons (Fsp3) is 0.429. The van der Waals surface area contributed by atoms with E-state index in [4.69, 9.17) is 4.74 Å². The highest BCUT2D eigenvalue weighted by atomic mass is 16.5. The molecule has 1 heterocycles. The van der Waals surface area contributed by atoms with E-state index < -0.39 is 5.97 Å². The Labute approximate surface area is 196 Å². The van der Waals surface area contributed by atoms with Crippen LogP contribution in [0.1, 0.15) is 80.8 Å². The fourth-order valence-electron chi connectivity index (χ4n) is 4.96. The van der Waals surface area contributed by atoms with E-state index in [1.807, 2.05) is 35.9 Å². The van der Waals surface area contributed by atoms with E-state index >= 15 is 0 Å². The van der Waals surface area contributed by atoms with Gasteiger partial charge in [0.25, 0.3) is 0 Å². The van der Waals surface area contributed by atoms with Crippen LogP contribution >= 0.6 is 0 Å². The van der Waals surface area contributed by atoms with Crippen LogP contribution in [0.4, 0.5) is 0 Å². The second-order valence-corrected chi connectivity index (χ2v) is 10.6. The van der Waals surface area contributed by atoms with Gasteiger partial charge in [-0.1, -0.05) is 58.0 Å². The van der Waals surface area contributed by atoms with Gasteiger partial charge in [0.15, 0.2) is 0 Å². The van der Waals surface area contributed by atoms with E-state index in [9.17, 15) is 9.90 Å². The summed E-state index contributed by atoms with van der Waals surface area (Å²) in [4.78, 5) is 15.6. The van der Waals surface area contributed by atoms with E-state index in [1.54, 1.807) is 12.5 Å². The molecule has 1 aliphatic rings. The van der Waals surface area contributed by atoms with Gasteiger partial charge in [-0.2, -0.15) is 0 Å². The van der Waals surface area contributed by atoms with Crippen molar-refractivity contribution in [1.82, 2.24) is 9.55 Å². The Morgan fingerprint density at radius 2 is 1.73 bits per heavy atom. The molecule has 1 atom stereocenters. The van der Waals surface area contributed by atoms with Crippen LogP contribution in [0.25, 0.3) is 0 Å². The van der Waals surface area contributed by atoms with Crippen molar-refractivity contribution in [3.63, 3.8) is 0 Å². The number of rotatable bonds is 7. The van der Waals surface area contributed by atoms with E-state index in [0.717, 1.165) is 17.0 Å². The number of carboxylic acid groups (broad SMARTS) is 1. The second kappa shape index (κ2) is 8.69. The van der Waals surface area contributed by atoms with Gasteiger partial charge in [-0.25, -0.2) is 4.98 Å². The van der Waals surface area contributed by atoms with Gasteiger partial charge in [0.1, 0.15) is 12.4 Å². The maximum absolute atomic E-state index is 11.4. The molecule has 1 N–H and O–H groups in total. The standard InChI is InChI=1S/C28H34N2O3/c1-27(2)12-13-28(3,4)24-14-19(6-11-23(24)27)17-33-21-9-7-20(8-10-21)22(15-26(31)32)25-16-29-18-30(25)5/h6-11,14,16,18,22H,12-13,15,17H2,1-5H3,(H,31,32)/t22-/m0/s1. The van der Waals surface area contributed by atoms with Gasteiger partial charge >= 0.3 is 5.97 Å². The van der Waals surface area contributed by atoms with Gasteiger partial charge in [-0.3, -0.25) is 4.79 Å². The van der Waals surface area contributed by atoms with Crippen LogP contribution in [-0.4, -0.2) is 20.6 Å². The zero-order valence-corrected chi connectivity index (χ0v) is 20.3. The predicted molar refractivity (Wildman–Crippen MR) is 130 cm³/mol. The SMILES string of the molecule is Cn1cncc1[C@@H](CC(=O)O)c1ccc(OCc2ccc3c(c2)C(C)(C)CCC3(C)C)cc1. The first-order valence-corrected chi connectivity index (χ1v) is 11.6. The van der Waals surface area contributed by atoms with Crippen molar-refractivity contribution in [3.05, 3.63) is 82.9 Å². The molecule has 0 radical (unpaired) electrons. The molecule has 0 spiro atoms. The number of fused-ring (bicyclic) bond motifs is 1. The highest BCUT2D eigenvalue weighted by Gasteiger charge is 2.36. The molecule has 0 amide bonds. The normalized spacial score (nSPS) is 17.2. The van der Waals surface area contributed by atoms with Gasteiger partial charge in [-0.15, -0.1) is 0 Å². The molecule has 33 heavy (non-hydrogen) atoms. The molecule has 0 saturated heterocycles. The lowest BCUT2D eigenvalue weighted by molar-refractivity contribution is -0.137. The molecule has 174 valence electrons. The average molecular weight is 447 g/mol. The molecule has 0 saturated carbocycles. The number of imidazole rings is 1. The Kier molecular flexibility index (Phi) is 6.08. The molecule has 4 rings (SSSR count). The summed E-state index contributed by atoms with van der Waals surface area (Å²) in [7, 11) is 1.88. The minimum Gasteiger partial charge on any atom is -0.489 e. The molecule has 3 aromatic rings. The first-order chi connectivity index (χ1) is 15.6. The third kappa shape index (κ3) is 4.82. The fourth-order valence-corrected chi connectivity index (χ4v) is 4.96. The summed E-state index contributed by atoms with van der Waals surface area (Å²) in [5.41, 5.74) is 6.25. The molecule has 5 heteroatoms. The summed E-state index contributed by atoms with van der Waals surface area (Å²) >= 11 is 0. The molecule has 0 unspecified atom stereocenters. The Morgan fingerprint density at radius 1 is 1.06 bits per heavy atom. The minimum absolute atomic E-state index is 0.0149. The number of carboxylic acids is 1. The van der Waals surface area contributed by atoms with Crippen molar-refractivity contribution in [2.24, 2.45) is 7.05 Å². The highest BCUT2D eigenvalue weighted by Crippen LogP contribution is 2.46. The van der Waals surface area contributed by atoms with E-state index in [2.05, 4.69) is 50.9 Å². The molecule has 0 fully saturated rings. The molecule has 2 aromatic carbocycles. The first-order valence-electron chi connectivity index (χ1n) is 11.6. The highest BCUT2D eigenvalue weighted by molar-refractivity contribution is 5.69. The molecular weight excluding hydrogens is 412 g/mol. The summed E-state index contributed by atoms with van der Waals surface area (Å²) in [6.07, 6.45) is 5.84. The first kappa shape index (κ1) is 23.1. The van der Waals surface area contributed by atoms with Crippen LogP contribution in [0.2, 0.25) is 0 Å². The monoisotopic (exact) mass is 446 g/mol. The number of aryl methyl sites for hydroxylation is 1. The van der Waals surface area contributed by atoms with Gasteiger partial charge in [0, 0.05) is 24.9 Å². The van der Waals surface area contributed by atoms with E-state index in [0.29, 0.717) is 6.61 Å². The molecule has 1 aromatic heterocycles. The Bertz CT molecular complexity index is 1140. The maximum atomic E-state index is 11.4. The van der Waals surface area contributed by atoms with Crippen LogP contribution in [0, 0.1) is 0 Å². The summed E-state index contributed by atoms with van der Waals surface area (Å²) in [5.74, 6) is -0.314. The lowest BCUT2D eigenvalue weighted by Crippen LogP contribution is -2.33. The number of benzene rings is 2. The quantitative estimate of drug-likeness (QED) is 0.487. The topological polar surface area (TPSA) is 64.4 Å². The smallest absolute Gasteiger partial charge is 0.304 e. The molecule has 5 nitrogen and oxygen atoms in total. The van der Waals surface area contributed by atoms with E-state index in [-0.39, 0.29) is 23.2 Å². The summed E-state index contributed by atoms with van der Waals surface area (Å²) in [6.45, 7) is 9.84. The zero-order chi connectivity index (χ0) is 23.8. The van der Waals surface area contributed by atoms with Gasteiger partial charge in [0.2, 0.25) is 0 Å². The molecule has 0 bridgehead atoms. The average Bonchev–Trinajstić information content (AvgIpc) is 3.20. The Morgan fingerprint density at radius 3 is 2.33 bits per heavy atom. The maximum Gasteiger partial charge on any atom is 0.304 e. The van der Waals surface area contributed by atoms with Gasteiger partial charge in [-0.05, 0) is 58.1 Å². The molecule has 1 aliphatic carbocycles. The van der Waals surface area contributed by atoms with Crippen LogP contribution in [-0.2, 0) is 29.3 Å². The Hall–Kier alpha value is -3.08. The third-order valence-corrected chi connectivity index (χ3v) is 7.19. The summed E-state index contributed by atoms with van der Waals surface area (Å²) < 4.78 is 7.97. The molecule has 0 aliphatic heterocycles. The van der Waals surface area contributed by atoms with Crippen molar-refractivity contribution >= 4 is 5.97 Å². The lowest BCUT2D eigenvalue weighted by atomic mass is 9.63. The number of nitrogens with zero attached hydrogens (tertiary/aromatic N) is 2. The van der Waals surface area contributed by atoms with Crippen molar-refractivity contribution in [2.45, 2.75) is 70.3 Å². The number of aromatic nitrogens is 2. The largest absolute Gasteiger partial charge is 0.489 e. The van der Waals surface area contributed by atoms with Gasteiger partial charge < -0.3 is 14.4 Å². The van der Waals surface area contributed by atoms with Crippen LogP contribution < -0.4 is 4.74 Å². The lowest BCUT2D eigenvalue weighted by Gasteiger charge is -2.42. The summed E-state index contributed by atoms with van der Waals surface area (Å²) in [5, 5.41) is 9.40. The number of ether oxygens (including phenoxy) is 1. The number of hydrogen-bond donors (Lipinski definition) is 1. The Balaban J connectivity index is 1.50. The number of hydrogen-bond acceptors (Lipinski definition) is 3. The van der Waals surface area contributed by atoms with Crippen LogP contribution in [0.15, 0.2) is 55.0 Å². The minimum atomic E-state index is -0.833. The zero-order valence-electron chi connectivity index (χ0n) is 20.3. The van der Waals surface area contributed by atoms with Crippen molar-refractivity contribution in [1.29, 1.82) is 0 Å². The van der Waals surface area contributed by atoms with Crippen LogP contribution in [0.5, 0.6) is 5.75 Å². The summed E-state index contributed by atoms with van der Waals surface area (Å²) in [6, 6.07) is 14.5. The predicted octanol–water partition coefficient (Wildman–Crippen LogP) is 5.95. The van der Waals surface area contributed by atoms with Crippen LogP contribution in [0.3, 0.4) is 0 Å².